The van der Waals surface area contributed by atoms with Crippen LogP contribution in [0.4, 0.5) is 0 Å². The first-order valence-corrected chi connectivity index (χ1v) is 6.19. The summed E-state index contributed by atoms with van der Waals surface area (Å²) in [7, 11) is 0. The van der Waals surface area contributed by atoms with Gasteiger partial charge in [0.1, 0.15) is 4.33 Å². The van der Waals surface area contributed by atoms with Crippen molar-refractivity contribution in [3.05, 3.63) is 0 Å². The molecule has 0 heterocycles. The molecule has 0 bridgehead atoms. The van der Waals surface area contributed by atoms with Crippen LogP contribution in [-0.2, 0) is 0 Å². The molecule has 1 rings (SSSR count). The molecule has 0 saturated heterocycles. The quantitative estimate of drug-likeness (QED) is 0.276. The molecule has 6 heteroatoms. The first kappa shape index (κ1) is 12.0. The fraction of sp³-hybridized carbons (Fsp3) is 0.750. The largest absolute Gasteiger partial charge is 0.272 e. The Morgan fingerprint density at radius 2 is 2.43 bits per heavy atom. The van der Waals surface area contributed by atoms with Crippen LogP contribution in [0, 0.1) is 17.4 Å². The first-order valence-electron chi connectivity index (χ1n) is 4.21. The molecule has 1 saturated carbocycles. The summed E-state index contributed by atoms with van der Waals surface area (Å²) in [5, 5.41) is 11.5. The van der Waals surface area contributed by atoms with Gasteiger partial charge < -0.3 is 0 Å². The van der Waals surface area contributed by atoms with E-state index in [1.807, 2.05) is 12.4 Å². The van der Waals surface area contributed by atoms with Crippen molar-refractivity contribution >= 4 is 40.1 Å². The summed E-state index contributed by atoms with van der Waals surface area (Å²) in [5.41, 5.74) is 0. The van der Waals surface area contributed by atoms with Gasteiger partial charge in [-0.3, -0.25) is 10.3 Å². The Bertz CT molecular complexity index is 272. The first-order chi connectivity index (χ1) is 6.60. The minimum Gasteiger partial charge on any atom is -0.272 e. The lowest BCUT2D eigenvalue weighted by molar-refractivity contribution is 0.731. The van der Waals surface area contributed by atoms with Crippen molar-refractivity contribution < 1.29 is 0 Å². The highest BCUT2D eigenvalue weighted by atomic mass is 35.5. The molecule has 0 spiro atoms. The number of halogens is 2. The number of rotatable bonds is 3. The summed E-state index contributed by atoms with van der Waals surface area (Å²) >= 11 is 13.1. The fourth-order valence-electron chi connectivity index (χ4n) is 1.11. The van der Waals surface area contributed by atoms with Gasteiger partial charge in [-0.1, -0.05) is 11.8 Å². The van der Waals surface area contributed by atoms with Crippen molar-refractivity contribution in [3.63, 3.8) is 0 Å². The SMILES string of the molecule is CSC(=NCC[C@@H]1CC1(Cl)Cl)NC#N. The van der Waals surface area contributed by atoms with Crippen LogP contribution in [-0.4, -0.2) is 22.3 Å². The van der Waals surface area contributed by atoms with Gasteiger partial charge in [0.15, 0.2) is 11.4 Å². The van der Waals surface area contributed by atoms with E-state index in [1.165, 1.54) is 11.8 Å². The molecule has 78 valence electrons. The van der Waals surface area contributed by atoms with Crippen LogP contribution in [0.15, 0.2) is 4.99 Å². The smallest absolute Gasteiger partial charge is 0.183 e. The zero-order valence-corrected chi connectivity index (χ0v) is 10.1. The molecule has 1 N–H and O–H groups in total. The molecule has 0 radical (unpaired) electrons. The number of hydrogen-bond donors (Lipinski definition) is 1. The normalized spacial score (nSPS) is 24.1. The topological polar surface area (TPSA) is 48.2 Å². The van der Waals surface area contributed by atoms with Crippen LogP contribution < -0.4 is 5.32 Å². The van der Waals surface area contributed by atoms with E-state index < -0.39 is 4.33 Å². The fourth-order valence-corrected chi connectivity index (χ4v) is 2.07. The zero-order chi connectivity index (χ0) is 10.6. The number of nitriles is 1. The molecule has 0 aliphatic heterocycles. The van der Waals surface area contributed by atoms with Crippen molar-refractivity contribution in [3.8, 4) is 6.19 Å². The monoisotopic (exact) mass is 251 g/mol. The van der Waals surface area contributed by atoms with Gasteiger partial charge in [0.25, 0.3) is 0 Å². The van der Waals surface area contributed by atoms with Gasteiger partial charge in [0.2, 0.25) is 0 Å². The van der Waals surface area contributed by atoms with Crippen LogP contribution in [0.25, 0.3) is 0 Å². The maximum atomic E-state index is 8.37. The molecule has 1 aliphatic carbocycles. The van der Waals surface area contributed by atoms with Crippen molar-refractivity contribution in [1.29, 1.82) is 5.26 Å². The highest BCUT2D eigenvalue weighted by molar-refractivity contribution is 8.13. The average molecular weight is 252 g/mol. The standard InChI is InChI=1S/C8H11Cl2N3S/c1-14-7(13-5-11)12-3-2-6-4-8(6,9)10/h6H,2-4H2,1H3,(H,12,13)/t6-/m1/s1. The summed E-state index contributed by atoms with van der Waals surface area (Å²) in [6.07, 6.45) is 5.44. The van der Waals surface area contributed by atoms with E-state index in [0.29, 0.717) is 17.6 Å². The molecule has 1 fully saturated rings. The number of nitrogens with one attached hydrogen (secondary N) is 1. The molecule has 0 aromatic heterocycles. The Morgan fingerprint density at radius 1 is 1.79 bits per heavy atom. The lowest BCUT2D eigenvalue weighted by Gasteiger charge is -2.00. The third-order valence-electron chi connectivity index (χ3n) is 2.04. The van der Waals surface area contributed by atoms with Crippen molar-refractivity contribution in [1.82, 2.24) is 5.32 Å². The van der Waals surface area contributed by atoms with Crippen molar-refractivity contribution in [2.24, 2.45) is 10.9 Å². The van der Waals surface area contributed by atoms with Gasteiger partial charge in [0.05, 0.1) is 0 Å². The van der Waals surface area contributed by atoms with Gasteiger partial charge >= 0.3 is 0 Å². The van der Waals surface area contributed by atoms with E-state index in [0.717, 1.165) is 12.8 Å². The van der Waals surface area contributed by atoms with E-state index in [9.17, 15) is 0 Å². The Labute approximate surface area is 97.9 Å². The Hall–Kier alpha value is -0.110. The lowest BCUT2D eigenvalue weighted by Crippen LogP contribution is -2.13. The van der Waals surface area contributed by atoms with Crippen LogP contribution in [0.2, 0.25) is 0 Å². The molecule has 0 amide bonds. The van der Waals surface area contributed by atoms with Crippen molar-refractivity contribution in [2.75, 3.05) is 12.8 Å². The van der Waals surface area contributed by atoms with E-state index in [4.69, 9.17) is 28.5 Å². The summed E-state index contributed by atoms with van der Waals surface area (Å²) in [5.74, 6) is 0.361. The number of amidine groups is 1. The second kappa shape index (κ2) is 5.11. The Balaban J connectivity index is 2.22. The van der Waals surface area contributed by atoms with Gasteiger partial charge in [-0.25, -0.2) is 0 Å². The number of aliphatic imine (C=N–C) groups is 1. The van der Waals surface area contributed by atoms with Gasteiger partial charge in [0, 0.05) is 6.54 Å². The number of alkyl halides is 2. The van der Waals surface area contributed by atoms with Crippen LogP contribution in [0.3, 0.4) is 0 Å². The average Bonchev–Trinajstić information content (AvgIpc) is 2.73. The molecule has 1 atom stereocenters. The Morgan fingerprint density at radius 3 is 2.86 bits per heavy atom. The molecule has 0 unspecified atom stereocenters. The maximum Gasteiger partial charge on any atom is 0.183 e. The van der Waals surface area contributed by atoms with Crippen LogP contribution in [0.1, 0.15) is 12.8 Å². The third-order valence-corrected chi connectivity index (χ3v) is 3.59. The second-order valence-electron chi connectivity index (χ2n) is 3.08. The predicted octanol–water partition coefficient (Wildman–Crippen LogP) is 2.36. The highest BCUT2D eigenvalue weighted by Gasteiger charge is 2.50. The molecule has 0 aromatic rings. The zero-order valence-electron chi connectivity index (χ0n) is 7.76. The number of hydrogen-bond acceptors (Lipinski definition) is 3. The molecule has 0 aromatic carbocycles. The Kier molecular flexibility index (Phi) is 4.36. The van der Waals surface area contributed by atoms with E-state index in [1.54, 1.807) is 0 Å². The van der Waals surface area contributed by atoms with E-state index >= 15 is 0 Å². The lowest BCUT2D eigenvalue weighted by atomic mass is 10.3. The maximum absolute atomic E-state index is 8.37. The molecule has 14 heavy (non-hydrogen) atoms. The minimum absolute atomic E-state index is 0.361. The van der Waals surface area contributed by atoms with E-state index in [-0.39, 0.29) is 0 Å². The highest BCUT2D eigenvalue weighted by Crippen LogP contribution is 2.54. The number of nitrogens with zero attached hydrogens (tertiary/aromatic N) is 2. The predicted molar refractivity (Wildman–Crippen MR) is 61.7 cm³/mol. The summed E-state index contributed by atoms with van der Waals surface area (Å²) in [6.45, 7) is 0.663. The summed E-state index contributed by atoms with van der Waals surface area (Å²) in [4.78, 5) is 4.21. The van der Waals surface area contributed by atoms with Gasteiger partial charge in [-0.05, 0) is 25.0 Å². The van der Waals surface area contributed by atoms with Gasteiger partial charge in [-0.15, -0.1) is 23.2 Å². The minimum atomic E-state index is -0.516. The second-order valence-corrected chi connectivity index (χ2v) is 5.42. The molecular weight excluding hydrogens is 241 g/mol. The summed E-state index contributed by atoms with van der Waals surface area (Å²) in [6, 6.07) is 0. The van der Waals surface area contributed by atoms with E-state index in [2.05, 4.69) is 10.3 Å². The number of thioether (sulfide) groups is 1. The van der Waals surface area contributed by atoms with Crippen molar-refractivity contribution in [2.45, 2.75) is 17.2 Å². The molecule has 3 nitrogen and oxygen atoms in total. The third kappa shape index (κ3) is 3.56. The van der Waals surface area contributed by atoms with Crippen LogP contribution in [0.5, 0.6) is 0 Å². The molecular formula is C8H11Cl2N3S. The van der Waals surface area contributed by atoms with Crippen LogP contribution >= 0.6 is 35.0 Å². The van der Waals surface area contributed by atoms with Gasteiger partial charge in [-0.2, -0.15) is 5.26 Å². The molecule has 1 aliphatic rings. The summed E-state index contributed by atoms with van der Waals surface area (Å²) < 4.78 is -0.516.